The average Bonchev–Trinajstić information content (AvgIpc) is 3.06. The normalized spacial score (nSPS) is 14.2. The first kappa shape index (κ1) is 17.7. The van der Waals surface area contributed by atoms with Gasteiger partial charge in [-0.25, -0.2) is 9.97 Å². The second kappa shape index (κ2) is 7.24. The van der Waals surface area contributed by atoms with Crippen LogP contribution in [0.4, 0.5) is 11.6 Å². The summed E-state index contributed by atoms with van der Waals surface area (Å²) in [7, 11) is 0. The highest BCUT2D eigenvalue weighted by Crippen LogP contribution is 2.29. The summed E-state index contributed by atoms with van der Waals surface area (Å²) in [6.45, 7) is 4.16. The molecule has 2 aromatic heterocycles. The highest BCUT2D eigenvalue weighted by atomic mass is 16.5. The topological polar surface area (TPSA) is 81.6 Å². The van der Waals surface area contributed by atoms with Gasteiger partial charge in [-0.3, -0.25) is 0 Å². The summed E-state index contributed by atoms with van der Waals surface area (Å²) >= 11 is 0. The maximum absolute atomic E-state index is 6.22. The molecule has 0 radical (unpaired) electrons. The summed E-state index contributed by atoms with van der Waals surface area (Å²) in [5.74, 6) is 1.77. The van der Waals surface area contributed by atoms with Crippen molar-refractivity contribution in [1.29, 1.82) is 0 Å². The van der Waals surface area contributed by atoms with Gasteiger partial charge in [-0.1, -0.05) is 24.3 Å². The van der Waals surface area contributed by atoms with E-state index in [9.17, 15) is 0 Å². The molecule has 7 heteroatoms. The zero-order valence-corrected chi connectivity index (χ0v) is 16.5. The Morgan fingerprint density at radius 3 is 2.86 bits per heavy atom. The summed E-state index contributed by atoms with van der Waals surface area (Å²) in [4.78, 5) is 11.7. The van der Waals surface area contributed by atoms with Crippen molar-refractivity contribution >= 4 is 28.2 Å². The zero-order chi connectivity index (χ0) is 19.8. The lowest BCUT2D eigenvalue weighted by Crippen LogP contribution is -2.24. The Labute approximate surface area is 169 Å². The molecule has 2 N–H and O–H groups in total. The number of nitrogens with two attached hydrogens (primary N) is 1. The number of nitrogens with zero attached hydrogens (tertiary/aromatic N) is 5. The number of aromatic nitrogens is 4. The van der Waals surface area contributed by atoms with Crippen LogP contribution in [0.3, 0.4) is 0 Å². The number of anilines is 2. The third-order valence-electron chi connectivity index (χ3n) is 5.42. The van der Waals surface area contributed by atoms with E-state index in [2.05, 4.69) is 39.2 Å². The predicted octanol–water partition coefficient (Wildman–Crippen LogP) is 3.60. The van der Waals surface area contributed by atoms with E-state index in [1.54, 1.807) is 4.52 Å². The lowest BCUT2D eigenvalue weighted by Gasteiger charge is -2.23. The Morgan fingerprint density at radius 2 is 1.97 bits per heavy atom. The molecular weight excluding hydrogens is 364 g/mol. The molecule has 0 fully saturated rings. The Balaban J connectivity index is 1.58. The predicted molar refractivity (Wildman–Crippen MR) is 114 cm³/mol. The second-order valence-electron chi connectivity index (χ2n) is 7.33. The van der Waals surface area contributed by atoms with E-state index in [0.29, 0.717) is 30.5 Å². The SMILES string of the molecule is CCOc1cccc2c1nc(N)n1nc(CN3CCCCc4ccccc43)nc21. The molecule has 1 aliphatic heterocycles. The lowest BCUT2D eigenvalue weighted by molar-refractivity contribution is 0.343. The molecule has 4 aromatic rings. The van der Waals surface area contributed by atoms with Crippen molar-refractivity contribution in [3.63, 3.8) is 0 Å². The first-order chi connectivity index (χ1) is 14.2. The maximum Gasteiger partial charge on any atom is 0.223 e. The van der Waals surface area contributed by atoms with Crippen LogP contribution < -0.4 is 15.4 Å². The molecule has 0 saturated carbocycles. The number of fused-ring (bicyclic) bond motifs is 4. The van der Waals surface area contributed by atoms with Crippen molar-refractivity contribution in [1.82, 2.24) is 19.6 Å². The van der Waals surface area contributed by atoms with Crippen LogP contribution >= 0.6 is 0 Å². The van der Waals surface area contributed by atoms with Crippen LogP contribution in [0.1, 0.15) is 31.2 Å². The van der Waals surface area contributed by atoms with E-state index in [4.69, 9.17) is 15.5 Å². The first-order valence-corrected chi connectivity index (χ1v) is 10.1. The monoisotopic (exact) mass is 388 g/mol. The Morgan fingerprint density at radius 1 is 1.07 bits per heavy atom. The minimum Gasteiger partial charge on any atom is -0.492 e. The number of rotatable bonds is 4. The average molecular weight is 388 g/mol. The van der Waals surface area contributed by atoms with E-state index in [0.717, 1.165) is 36.1 Å². The standard InChI is InChI=1S/C22H24N6O/c1-2-29-18-12-7-10-16-20(18)25-22(23)28-21(16)24-19(26-28)14-27-13-6-5-9-15-8-3-4-11-17(15)27/h3-4,7-8,10-12H,2,5-6,9,13-14H2,1H3,(H2,23,25). The molecule has 5 rings (SSSR count). The fourth-order valence-electron chi connectivity index (χ4n) is 4.11. The van der Waals surface area contributed by atoms with Crippen LogP contribution in [0.25, 0.3) is 16.6 Å². The van der Waals surface area contributed by atoms with Gasteiger partial charge in [0.05, 0.1) is 13.2 Å². The molecule has 29 heavy (non-hydrogen) atoms. The molecule has 0 aliphatic carbocycles. The molecule has 3 heterocycles. The Hall–Kier alpha value is -3.35. The van der Waals surface area contributed by atoms with Crippen molar-refractivity contribution < 1.29 is 4.74 Å². The maximum atomic E-state index is 6.22. The summed E-state index contributed by atoms with van der Waals surface area (Å²) in [6, 6.07) is 14.5. The number of nitrogen functional groups attached to an aromatic ring is 1. The quantitative estimate of drug-likeness (QED) is 0.575. The number of hydrogen-bond donors (Lipinski definition) is 1. The van der Waals surface area contributed by atoms with Crippen LogP contribution in [0.5, 0.6) is 5.75 Å². The minimum absolute atomic E-state index is 0.315. The van der Waals surface area contributed by atoms with Gasteiger partial charge in [0.25, 0.3) is 0 Å². The van der Waals surface area contributed by atoms with Gasteiger partial charge in [-0.2, -0.15) is 4.52 Å². The van der Waals surface area contributed by atoms with E-state index >= 15 is 0 Å². The van der Waals surface area contributed by atoms with Gasteiger partial charge in [0, 0.05) is 17.6 Å². The third kappa shape index (κ3) is 3.12. The number of benzene rings is 2. The molecule has 0 atom stereocenters. The van der Waals surface area contributed by atoms with Gasteiger partial charge >= 0.3 is 0 Å². The van der Waals surface area contributed by atoms with Crippen LogP contribution in [0, 0.1) is 0 Å². The van der Waals surface area contributed by atoms with Gasteiger partial charge in [0.15, 0.2) is 11.5 Å². The molecule has 0 unspecified atom stereocenters. The molecule has 7 nitrogen and oxygen atoms in total. The number of hydrogen-bond acceptors (Lipinski definition) is 6. The zero-order valence-electron chi connectivity index (χ0n) is 16.5. The molecule has 1 aliphatic rings. The van der Waals surface area contributed by atoms with Gasteiger partial charge in [0.2, 0.25) is 5.95 Å². The Kier molecular flexibility index (Phi) is 4.42. The van der Waals surface area contributed by atoms with Crippen LogP contribution in [-0.4, -0.2) is 32.7 Å². The van der Waals surface area contributed by atoms with Gasteiger partial charge in [-0.05, 0) is 49.9 Å². The van der Waals surface area contributed by atoms with Crippen LogP contribution in [0.15, 0.2) is 42.5 Å². The Bertz CT molecular complexity index is 1180. The third-order valence-corrected chi connectivity index (χ3v) is 5.42. The highest BCUT2D eigenvalue weighted by molar-refractivity contribution is 5.95. The van der Waals surface area contributed by atoms with E-state index in [1.165, 1.54) is 17.7 Å². The van der Waals surface area contributed by atoms with E-state index < -0.39 is 0 Å². The molecule has 0 bridgehead atoms. The molecule has 0 saturated heterocycles. The van der Waals surface area contributed by atoms with Crippen LogP contribution in [-0.2, 0) is 13.0 Å². The van der Waals surface area contributed by atoms with Gasteiger partial charge in [0.1, 0.15) is 11.3 Å². The summed E-state index contributed by atoms with van der Waals surface area (Å²) in [5, 5.41) is 5.56. The van der Waals surface area contributed by atoms with Crippen molar-refractivity contribution in [3.05, 3.63) is 53.9 Å². The summed E-state index contributed by atoms with van der Waals surface area (Å²) < 4.78 is 7.36. The summed E-state index contributed by atoms with van der Waals surface area (Å²) in [6.07, 6.45) is 3.48. The van der Waals surface area contributed by atoms with Crippen molar-refractivity contribution in [2.24, 2.45) is 0 Å². The summed E-state index contributed by atoms with van der Waals surface area (Å²) in [5.41, 5.74) is 10.3. The molecule has 0 spiro atoms. The van der Waals surface area contributed by atoms with Crippen LogP contribution in [0.2, 0.25) is 0 Å². The van der Waals surface area contributed by atoms with Crippen molar-refractivity contribution in [3.8, 4) is 5.75 Å². The minimum atomic E-state index is 0.315. The van der Waals surface area contributed by atoms with Gasteiger partial charge < -0.3 is 15.4 Å². The largest absolute Gasteiger partial charge is 0.492 e. The van der Waals surface area contributed by atoms with E-state index in [-0.39, 0.29) is 0 Å². The fourth-order valence-corrected chi connectivity index (χ4v) is 4.11. The first-order valence-electron chi connectivity index (χ1n) is 10.1. The fraction of sp³-hybridized carbons (Fsp3) is 0.318. The van der Waals surface area contributed by atoms with Gasteiger partial charge in [-0.15, -0.1) is 5.10 Å². The number of para-hydroxylation sites is 2. The van der Waals surface area contributed by atoms with Crippen molar-refractivity contribution in [2.75, 3.05) is 23.8 Å². The number of ether oxygens (including phenoxy) is 1. The van der Waals surface area contributed by atoms with E-state index in [1.807, 2.05) is 25.1 Å². The molecular formula is C22H24N6O. The lowest BCUT2D eigenvalue weighted by atomic mass is 10.1. The smallest absolute Gasteiger partial charge is 0.223 e. The second-order valence-corrected chi connectivity index (χ2v) is 7.33. The van der Waals surface area contributed by atoms with Crippen molar-refractivity contribution in [2.45, 2.75) is 32.7 Å². The molecule has 2 aromatic carbocycles. The number of aryl methyl sites for hydroxylation is 1. The molecule has 0 amide bonds. The highest BCUT2D eigenvalue weighted by Gasteiger charge is 2.19. The molecule has 148 valence electrons.